The molecule has 2 aromatic carbocycles. The molecule has 0 radical (unpaired) electrons. The lowest BCUT2D eigenvalue weighted by Crippen LogP contribution is -1.91. The number of imidazole rings is 1. The lowest BCUT2D eigenvalue weighted by Gasteiger charge is -2.07. The number of aromatic nitrogens is 2. The maximum atomic E-state index is 9.61. The number of nitrogens with zero attached hydrogens (tertiary/aromatic N) is 2. The minimum absolute atomic E-state index is 0.429. The Balaban J connectivity index is 2.12. The molecule has 5 heteroatoms. The van der Waals surface area contributed by atoms with Crippen LogP contribution in [0.1, 0.15) is 22.5 Å². The first-order valence-corrected chi connectivity index (χ1v) is 7.87. The lowest BCUT2D eigenvalue weighted by molar-refractivity contribution is 0.402. The van der Waals surface area contributed by atoms with Crippen LogP contribution >= 0.6 is 0 Å². The van der Waals surface area contributed by atoms with Gasteiger partial charge in [0.25, 0.3) is 0 Å². The van der Waals surface area contributed by atoms with Crippen LogP contribution < -0.4 is 9.47 Å². The Morgan fingerprint density at radius 3 is 2.56 bits per heavy atom. The van der Waals surface area contributed by atoms with Gasteiger partial charge in [0.2, 0.25) is 0 Å². The Kier molecular flexibility index (Phi) is 4.44. The molecule has 0 fully saturated rings. The molecule has 0 saturated heterocycles. The smallest absolute Gasteiger partial charge is 0.149 e. The van der Waals surface area contributed by atoms with Crippen LogP contribution in [0.5, 0.6) is 11.5 Å². The second-order valence-corrected chi connectivity index (χ2v) is 5.82. The van der Waals surface area contributed by atoms with E-state index in [1.54, 1.807) is 20.3 Å². The lowest BCUT2D eigenvalue weighted by atomic mass is 10.1. The summed E-state index contributed by atoms with van der Waals surface area (Å²) in [5.74, 6) is 1.89. The van der Waals surface area contributed by atoms with Crippen molar-refractivity contribution in [1.82, 2.24) is 9.97 Å². The number of ether oxygens (including phenoxy) is 2. The van der Waals surface area contributed by atoms with Gasteiger partial charge in [0, 0.05) is 5.56 Å². The van der Waals surface area contributed by atoms with Crippen molar-refractivity contribution in [1.29, 1.82) is 5.26 Å². The second-order valence-electron chi connectivity index (χ2n) is 5.82. The minimum atomic E-state index is 0.429. The van der Waals surface area contributed by atoms with E-state index in [4.69, 9.17) is 9.47 Å². The third-order valence-electron chi connectivity index (χ3n) is 4.21. The van der Waals surface area contributed by atoms with Crippen molar-refractivity contribution in [3.8, 4) is 17.6 Å². The molecule has 0 unspecified atom stereocenters. The molecule has 5 nitrogen and oxygen atoms in total. The highest BCUT2D eigenvalue weighted by Gasteiger charge is 2.11. The monoisotopic (exact) mass is 333 g/mol. The van der Waals surface area contributed by atoms with Gasteiger partial charge in [-0.15, -0.1) is 0 Å². The molecule has 1 N–H and O–H groups in total. The zero-order valence-corrected chi connectivity index (χ0v) is 14.7. The van der Waals surface area contributed by atoms with E-state index in [2.05, 4.69) is 23.0 Å². The quantitative estimate of drug-likeness (QED) is 0.724. The Morgan fingerprint density at radius 1 is 1.12 bits per heavy atom. The molecule has 3 aromatic rings. The van der Waals surface area contributed by atoms with Gasteiger partial charge >= 0.3 is 0 Å². The molecule has 0 atom stereocenters. The van der Waals surface area contributed by atoms with E-state index in [1.807, 2.05) is 37.3 Å². The van der Waals surface area contributed by atoms with E-state index in [1.165, 1.54) is 11.1 Å². The molecule has 0 saturated carbocycles. The summed E-state index contributed by atoms with van der Waals surface area (Å²) in [5, 5.41) is 9.61. The fourth-order valence-electron chi connectivity index (χ4n) is 2.66. The first-order valence-electron chi connectivity index (χ1n) is 7.87. The molecule has 126 valence electrons. The normalized spacial score (nSPS) is 11.4. The maximum absolute atomic E-state index is 9.61. The zero-order valence-electron chi connectivity index (χ0n) is 14.7. The SMILES string of the molecule is COc1ccc(OC)c(C=C(C#N)c2nc3cc(C)c(C)cc3[nH]2)c1. The molecule has 0 aliphatic rings. The van der Waals surface area contributed by atoms with Crippen LogP contribution in [0.2, 0.25) is 0 Å². The standard InChI is InChI=1S/C20H19N3O2/c1-12-7-17-18(8-13(12)2)23-20(22-17)15(11-21)9-14-10-16(24-3)5-6-19(14)25-4/h5-10H,1-4H3,(H,22,23). The number of nitrogens with one attached hydrogen (secondary N) is 1. The summed E-state index contributed by atoms with van der Waals surface area (Å²) >= 11 is 0. The number of fused-ring (bicyclic) bond motifs is 1. The van der Waals surface area contributed by atoms with Crippen LogP contribution in [0.25, 0.3) is 22.7 Å². The summed E-state index contributed by atoms with van der Waals surface area (Å²) in [6, 6.07) is 11.7. The highest BCUT2D eigenvalue weighted by atomic mass is 16.5. The fourth-order valence-corrected chi connectivity index (χ4v) is 2.66. The average molecular weight is 333 g/mol. The predicted molar refractivity (Wildman–Crippen MR) is 98.6 cm³/mol. The summed E-state index contributed by atoms with van der Waals surface area (Å²) in [7, 11) is 3.20. The summed E-state index contributed by atoms with van der Waals surface area (Å²) in [6.07, 6.45) is 1.75. The number of rotatable bonds is 4. The van der Waals surface area contributed by atoms with E-state index in [0.29, 0.717) is 22.9 Å². The number of aromatic amines is 1. The molecule has 0 spiro atoms. The van der Waals surface area contributed by atoms with Crippen molar-refractivity contribution >= 4 is 22.7 Å². The van der Waals surface area contributed by atoms with Crippen molar-refractivity contribution in [2.24, 2.45) is 0 Å². The van der Waals surface area contributed by atoms with E-state index >= 15 is 0 Å². The molecule has 1 heterocycles. The van der Waals surface area contributed by atoms with Gasteiger partial charge in [-0.05, 0) is 61.4 Å². The number of methoxy groups -OCH3 is 2. The Bertz CT molecular complexity index is 971. The van der Waals surface area contributed by atoms with E-state index < -0.39 is 0 Å². The van der Waals surface area contributed by atoms with Crippen molar-refractivity contribution in [3.63, 3.8) is 0 Å². The summed E-state index contributed by atoms with van der Waals surface area (Å²) in [4.78, 5) is 7.79. The van der Waals surface area contributed by atoms with Gasteiger partial charge < -0.3 is 14.5 Å². The number of nitriles is 1. The van der Waals surface area contributed by atoms with Crippen molar-refractivity contribution in [2.45, 2.75) is 13.8 Å². The van der Waals surface area contributed by atoms with E-state index in [9.17, 15) is 5.26 Å². The van der Waals surface area contributed by atoms with Crippen LogP contribution in [0.4, 0.5) is 0 Å². The van der Waals surface area contributed by atoms with Crippen LogP contribution in [0.15, 0.2) is 30.3 Å². The molecular formula is C20H19N3O2. The van der Waals surface area contributed by atoms with Gasteiger partial charge in [0.15, 0.2) is 0 Å². The number of allylic oxidation sites excluding steroid dienone is 1. The van der Waals surface area contributed by atoms with E-state index in [0.717, 1.165) is 16.6 Å². The Labute approximate surface area is 146 Å². The van der Waals surface area contributed by atoms with Crippen LogP contribution in [-0.2, 0) is 0 Å². The molecule has 0 bridgehead atoms. The molecule has 0 amide bonds. The Morgan fingerprint density at radius 2 is 1.88 bits per heavy atom. The second kappa shape index (κ2) is 6.70. The first kappa shape index (κ1) is 16.6. The number of hydrogen-bond donors (Lipinski definition) is 1. The highest BCUT2D eigenvalue weighted by molar-refractivity contribution is 5.91. The topological polar surface area (TPSA) is 70.9 Å². The minimum Gasteiger partial charge on any atom is -0.497 e. The summed E-state index contributed by atoms with van der Waals surface area (Å²) in [6.45, 7) is 4.10. The van der Waals surface area contributed by atoms with Crippen molar-refractivity contribution in [3.05, 3.63) is 52.8 Å². The van der Waals surface area contributed by atoms with Gasteiger partial charge in [-0.2, -0.15) is 5.26 Å². The van der Waals surface area contributed by atoms with Crippen LogP contribution in [0, 0.1) is 25.2 Å². The van der Waals surface area contributed by atoms with Gasteiger partial charge in [-0.3, -0.25) is 0 Å². The Hall–Kier alpha value is -3.26. The average Bonchev–Trinajstić information content (AvgIpc) is 3.02. The number of aryl methyl sites for hydroxylation is 2. The van der Waals surface area contributed by atoms with Crippen molar-refractivity contribution < 1.29 is 9.47 Å². The van der Waals surface area contributed by atoms with Gasteiger partial charge in [-0.25, -0.2) is 4.98 Å². The van der Waals surface area contributed by atoms with Gasteiger partial charge in [0.1, 0.15) is 23.4 Å². The fraction of sp³-hybridized carbons (Fsp3) is 0.200. The zero-order chi connectivity index (χ0) is 18.0. The molecule has 3 rings (SSSR count). The molecule has 1 aromatic heterocycles. The number of H-pyrrole nitrogens is 1. The van der Waals surface area contributed by atoms with Crippen molar-refractivity contribution in [2.75, 3.05) is 14.2 Å². The maximum Gasteiger partial charge on any atom is 0.149 e. The third kappa shape index (κ3) is 3.20. The predicted octanol–water partition coefficient (Wildman–Crippen LogP) is 4.26. The van der Waals surface area contributed by atoms with Crippen LogP contribution in [0.3, 0.4) is 0 Å². The van der Waals surface area contributed by atoms with Gasteiger partial charge in [0.05, 0.1) is 30.8 Å². The number of hydrogen-bond acceptors (Lipinski definition) is 4. The molecule has 25 heavy (non-hydrogen) atoms. The summed E-state index contributed by atoms with van der Waals surface area (Å²) < 4.78 is 10.6. The third-order valence-corrected chi connectivity index (χ3v) is 4.21. The van der Waals surface area contributed by atoms with E-state index in [-0.39, 0.29) is 0 Å². The highest BCUT2D eigenvalue weighted by Crippen LogP contribution is 2.28. The molecule has 0 aliphatic heterocycles. The van der Waals surface area contributed by atoms with Crippen LogP contribution in [-0.4, -0.2) is 24.2 Å². The largest absolute Gasteiger partial charge is 0.497 e. The van der Waals surface area contributed by atoms with Gasteiger partial charge in [-0.1, -0.05) is 0 Å². The molecule has 0 aliphatic carbocycles. The molecular weight excluding hydrogens is 314 g/mol. The first-order chi connectivity index (χ1) is 12.0. The summed E-state index contributed by atoms with van der Waals surface area (Å²) in [5.41, 5.74) is 5.29. The number of benzene rings is 2.